The summed E-state index contributed by atoms with van der Waals surface area (Å²) in [4.78, 5) is 2.49. The fraction of sp³-hybridized carbons (Fsp3) is 0.625. The van der Waals surface area contributed by atoms with Crippen LogP contribution in [-0.2, 0) is 0 Å². The maximum Gasteiger partial charge on any atom is 0.142 e. The first-order valence-electron chi connectivity index (χ1n) is 7.23. The normalized spacial score (nSPS) is 29.1. The number of nitrogens with one attached hydrogen (secondary N) is 1. The Morgan fingerprint density at radius 3 is 2.89 bits per heavy atom. The first-order valence-corrected chi connectivity index (χ1v) is 7.23. The summed E-state index contributed by atoms with van der Waals surface area (Å²) in [6, 6.07) is 9.06. The Morgan fingerprint density at radius 2 is 2.11 bits per heavy atom. The van der Waals surface area contributed by atoms with Crippen LogP contribution in [0.3, 0.4) is 0 Å². The van der Waals surface area contributed by atoms with E-state index in [1.54, 1.807) is 7.11 Å². The minimum atomic E-state index is 0.394. The number of hydrogen-bond donors (Lipinski definition) is 1. The Bertz CT molecular complexity index is 458. The molecule has 1 aromatic rings. The molecular weight excluding hydrogens is 236 g/mol. The van der Waals surface area contributed by atoms with Crippen molar-refractivity contribution in [3.05, 3.63) is 24.3 Å². The van der Waals surface area contributed by atoms with Crippen LogP contribution < -0.4 is 15.0 Å². The maximum atomic E-state index is 5.50. The van der Waals surface area contributed by atoms with Crippen molar-refractivity contribution in [1.29, 1.82) is 0 Å². The van der Waals surface area contributed by atoms with Crippen LogP contribution in [-0.4, -0.2) is 32.8 Å². The van der Waals surface area contributed by atoms with Gasteiger partial charge in [-0.2, -0.15) is 0 Å². The molecule has 0 aromatic heterocycles. The number of nitrogens with zero attached hydrogens (tertiary/aromatic N) is 1. The minimum absolute atomic E-state index is 0.394. The quantitative estimate of drug-likeness (QED) is 0.884. The number of ether oxygens (including phenoxy) is 1. The summed E-state index contributed by atoms with van der Waals surface area (Å²) in [5, 5.41) is 3.69. The van der Waals surface area contributed by atoms with Gasteiger partial charge in [-0.15, -0.1) is 0 Å². The summed E-state index contributed by atoms with van der Waals surface area (Å²) in [6.45, 7) is 8.16. The Kier molecular flexibility index (Phi) is 3.17. The molecule has 0 radical (unpaired) electrons. The van der Waals surface area contributed by atoms with E-state index in [9.17, 15) is 0 Å². The zero-order valence-electron chi connectivity index (χ0n) is 12.1. The highest BCUT2D eigenvalue weighted by atomic mass is 16.5. The van der Waals surface area contributed by atoms with Crippen molar-refractivity contribution in [3.8, 4) is 5.75 Å². The minimum Gasteiger partial charge on any atom is -0.495 e. The third kappa shape index (κ3) is 2.20. The Labute approximate surface area is 115 Å². The maximum absolute atomic E-state index is 5.50. The molecule has 2 unspecified atom stereocenters. The van der Waals surface area contributed by atoms with Crippen LogP contribution in [0.5, 0.6) is 5.75 Å². The van der Waals surface area contributed by atoms with Crippen molar-refractivity contribution in [2.45, 2.75) is 26.3 Å². The zero-order valence-corrected chi connectivity index (χ0v) is 12.1. The Hall–Kier alpha value is -1.22. The number of methoxy groups -OCH3 is 1. The van der Waals surface area contributed by atoms with Crippen molar-refractivity contribution < 1.29 is 4.74 Å². The highest BCUT2D eigenvalue weighted by Gasteiger charge is 2.44. The molecule has 3 rings (SSSR count). The van der Waals surface area contributed by atoms with Gasteiger partial charge in [-0.05, 0) is 29.9 Å². The van der Waals surface area contributed by atoms with E-state index in [4.69, 9.17) is 4.74 Å². The first kappa shape index (κ1) is 12.8. The Balaban J connectivity index is 1.84. The summed E-state index contributed by atoms with van der Waals surface area (Å²) in [7, 11) is 1.76. The van der Waals surface area contributed by atoms with Gasteiger partial charge in [-0.1, -0.05) is 26.0 Å². The number of benzene rings is 1. The molecule has 19 heavy (non-hydrogen) atoms. The van der Waals surface area contributed by atoms with E-state index in [-0.39, 0.29) is 0 Å². The molecule has 0 spiro atoms. The molecule has 1 N–H and O–H groups in total. The third-order valence-electron chi connectivity index (χ3n) is 4.86. The smallest absolute Gasteiger partial charge is 0.142 e. The molecule has 0 saturated carbocycles. The predicted molar refractivity (Wildman–Crippen MR) is 78.9 cm³/mol. The van der Waals surface area contributed by atoms with Gasteiger partial charge in [-0.3, -0.25) is 0 Å². The predicted octanol–water partition coefficient (Wildman–Crippen LogP) is 2.52. The van der Waals surface area contributed by atoms with E-state index in [0.717, 1.165) is 31.3 Å². The van der Waals surface area contributed by atoms with Crippen LogP contribution in [0.15, 0.2) is 24.3 Å². The van der Waals surface area contributed by atoms with Crippen molar-refractivity contribution in [3.63, 3.8) is 0 Å². The average Bonchev–Trinajstić information content (AvgIpc) is 2.74. The van der Waals surface area contributed by atoms with E-state index in [1.807, 2.05) is 6.07 Å². The van der Waals surface area contributed by atoms with Crippen LogP contribution in [0.2, 0.25) is 0 Å². The fourth-order valence-electron chi connectivity index (χ4n) is 3.62. The lowest BCUT2D eigenvalue weighted by molar-refractivity contribution is 0.236. The molecule has 3 nitrogen and oxygen atoms in total. The summed E-state index contributed by atoms with van der Waals surface area (Å²) in [5.41, 5.74) is 1.64. The second kappa shape index (κ2) is 4.71. The van der Waals surface area contributed by atoms with Crippen molar-refractivity contribution in [2.75, 3.05) is 31.6 Å². The van der Waals surface area contributed by atoms with Crippen LogP contribution >= 0.6 is 0 Å². The molecule has 0 aliphatic carbocycles. The Morgan fingerprint density at radius 1 is 1.32 bits per heavy atom. The van der Waals surface area contributed by atoms with Gasteiger partial charge in [-0.25, -0.2) is 0 Å². The second-order valence-corrected chi connectivity index (χ2v) is 6.49. The van der Waals surface area contributed by atoms with Crippen molar-refractivity contribution >= 4 is 5.69 Å². The monoisotopic (exact) mass is 260 g/mol. The van der Waals surface area contributed by atoms with Crippen molar-refractivity contribution in [1.82, 2.24) is 5.32 Å². The standard InChI is InChI=1S/C16H24N2O/c1-16(2)11-17-13-8-9-18(10-12(13)16)14-6-4-5-7-15(14)19-3/h4-7,12-13,17H,8-11H2,1-3H3. The first-order chi connectivity index (χ1) is 9.12. The largest absolute Gasteiger partial charge is 0.495 e. The lowest BCUT2D eigenvalue weighted by atomic mass is 9.76. The molecule has 2 atom stereocenters. The van der Waals surface area contributed by atoms with Gasteiger partial charge in [0, 0.05) is 25.7 Å². The number of rotatable bonds is 2. The molecule has 1 aromatic carbocycles. The summed E-state index contributed by atoms with van der Waals surface area (Å²) in [6.07, 6.45) is 1.23. The van der Waals surface area contributed by atoms with E-state index >= 15 is 0 Å². The molecule has 2 aliphatic rings. The number of fused-ring (bicyclic) bond motifs is 1. The number of piperidine rings is 1. The van der Waals surface area contributed by atoms with Gasteiger partial charge >= 0.3 is 0 Å². The van der Waals surface area contributed by atoms with Gasteiger partial charge in [0.15, 0.2) is 0 Å². The van der Waals surface area contributed by atoms with E-state index in [1.165, 1.54) is 12.1 Å². The highest BCUT2D eigenvalue weighted by molar-refractivity contribution is 5.58. The van der Waals surface area contributed by atoms with Gasteiger partial charge < -0.3 is 15.0 Å². The zero-order chi connectivity index (χ0) is 13.5. The van der Waals surface area contributed by atoms with E-state index < -0.39 is 0 Å². The van der Waals surface area contributed by atoms with Gasteiger partial charge in [0.1, 0.15) is 5.75 Å². The van der Waals surface area contributed by atoms with Gasteiger partial charge in [0.25, 0.3) is 0 Å². The number of para-hydroxylation sites is 2. The molecule has 2 aliphatic heterocycles. The molecule has 2 fully saturated rings. The second-order valence-electron chi connectivity index (χ2n) is 6.49. The van der Waals surface area contributed by atoms with E-state index in [2.05, 4.69) is 42.3 Å². The van der Waals surface area contributed by atoms with Gasteiger partial charge in [0.05, 0.1) is 12.8 Å². The molecule has 104 valence electrons. The molecule has 2 saturated heterocycles. The summed E-state index contributed by atoms with van der Waals surface area (Å²) in [5.74, 6) is 1.72. The highest BCUT2D eigenvalue weighted by Crippen LogP contribution is 2.41. The fourth-order valence-corrected chi connectivity index (χ4v) is 3.62. The summed E-state index contributed by atoms with van der Waals surface area (Å²) < 4.78 is 5.50. The van der Waals surface area contributed by atoms with E-state index in [0.29, 0.717) is 11.5 Å². The van der Waals surface area contributed by atoms with Gasteiger partial charge in [0.2, 0.25) is 0 Å². The lowest BCUT2D eigenvalue weighted by Gasteiger charge is -2.41. The van der Waals surface area contributed by atoms with Crippen LogP contribution in [0.4, 0.5) is 5.69 Å². The lowest BCUT2D eigenvalue weighted by Crippen LogP contribution is -2.47. The molecule has 3 heteroatoms. The number of hydrogen-bond acceptors (Lipinski definition) is 3. The molecular formula is C16H24N2O. The topological polar surface area (TPSA) is 24.5 Å². The third-order valence-corrected chi connectivity index (χ3v) is 4.86. The van der Waals surface area contributed by atoms with Crippen LogP contribution in [0.1, 0.15) is 20.3 Å². The van der Waals surface area contributed by atoms with Crippen molar-refractivity contribution in [2.24, 2.45) is 11.3 Å². The van der Waals surface area contributed by atoms with Crippen LogP contribution in [0, 0.1) is 11.3 Å². The molecule has 0 amide bonds. The molecule has 0 bridgehead atoms. The SMILES string of the molecule is COc1ccccc1N1CCC2NCC(C)(C)C2C1. The molecule has 2 heterocycles. The summed E-state index contributed by atoms with van der Waals surface area (Å²) >= 11 is 0. The number of anilines is 1. The average molecular weight is 260 g/mol. The van der Waals surface area contributed by atoms with Crippen LogP contribution in [0.25, 0.3) is 0 Å².